The number of pyridine rings is 1. The fourth-order valence-electron chi connectivity index (χ4n) is 1.53. The first-order chi connectivity index (χ1) is 8.58. The number of Topliss-reactive ketones (excluding diaryl/α,β-unsaturated/α-hetero) is 1. The molecule has 1 aromatic heterocycles. The number of halogens is 2. The third-order valence-electron chi connectivity index (χ3n) is 2.41. The van der Waals surface area contributed by atoms with E-state index in [9.17, 15) is 9.59 Å². The molecule has 0 aliphatic carbocycles. The second kappa shape index (κ2) is 5.96. The van der Waals surface area contributed by atoms with Crippen molar-refractivity contribution in [3.05, 3.63) is 65.7 Å². The van der Waals surface area contributed by atoms with Gasteiger partial charge in [-0.2, -0.15) is 0 Å². The van der Waals surface area contributed by atoms with E-state index in [1.165, 1.54) is 0 Å². The number of nitrogens with zero attached hydrogens (tertiary/aromatic N) is 1. The molecule has 2 aromatic rings. The van der Waals surface area contributed by atoms with Crippen LogP contribution in [0.15, 0.2) is 47.5 Å². The van der Waals surface area contributed by atoms with Gasteiger partial charge >= 0.3 is 0 Å². The summed E-state index contributed by atoms with van der Waals surface area (Å²) in [6.45, 7) is 0.246. The van der Waals surface area contributed by atoms with Gasteiger partial charge in [-0.15, -0.1) is 0 Å². The molecule has 0 saturated carbocycles. The summed E-state index contributed by atoms with van der Waals surface area (Å²) < 4.78 is 3.00. The lowest BCUT2D eigenvalue weighted by Gasteiger charge is -2.07. The molecule has 0 saturated heterocycles. The maximum atomic E-state index is 12.0. The van der Waals surface area contributed by atoms with E-state index in [-0.39, 0.29) is 17.8 Å². The Bertz CT molecular complexity index is 609. The van der Waals surface area contributed by atoms with Crippen LogP contribution in [-0.2, 0) is 6.54 Å². The van der Waals surface area contributed by atoms with Gasteiger partial charge in [-0.3, -0.25) is 9.59 Å². The number of ketones is 1. The molecule has 0 aliphatic rings. The number of rotatable bonds is 3. The summed E-state index contributed by atoms with van der Waals surface area (Å²) in [6.07, 6.45) is 3.40. The van der Waals surface area contributed by atoms with Crippen molar-refractivity contribution in [2.45, 2.75) is 6.54 Å². The normalized spacial score (nSPS) is 10.3. The number of carbonyl (C=O) groups excluding carboxylic acids is 1. The highest BCUT2D eigenvalue weighted by molar-refractivity contribution is 14.1. The Morgan fingerprint density at radius 1 is 1.06 bits per heavy atom. The zero-order chi connectivity index (χ0) is 13.1. The summed E-state index contributed by atoms with van der Waals surface area (Å²) in [5.74, 6) is 0.0332. The van der Waals surface area contributed by atoms with Crippen molar-refractivity contribution < 1.29 is 4.79 Å². The Balaban J connectivity index is 2.25. The first-order valence-corrected chi connectivity index (χ1v) is 7.37. The Hall–Kier alpha value is -0.700. The average Bonchev–Trinajstić information content (AvgIpc) is 2.37. The fraction of sp³-hybridized carbons (Fsp3) is 0.0769. The zero-order valence-corrected chi connectivity index (χ0v) is 13.6. The zero-order valence-electron chi connectivity index (χ0n) is 9.27. The van der Waals surface area contributed by atoms with Crippen LogP contribution in [0.3, 0.4) is 0 Å². The van der Waals surface area contributed by atoms with Crippen LogP contribution >= 0.6 is 45.2 Å². The second-order valence-electron chi connectivity index (χ2n) is 3.74. The highest BCUT2D eigenvalue weighted by Crippen LogP contribution is 2.06. The Kier molecular flexibility index (Phi) is 4.55. The van der Waals surface area contributed by atoms with Gasteiger partial charge in [-0.25, -0.2) is 0 Å². The van der Waals surface area contributed by atoms with Crippen LogP contribution in [-0.4, -0.2) is 10.4 Å². The van der Waals surface area contributed by atoms with Crippen molar-refractivity contribution in [1.29, 1.82) is 0 Å². The minimum Gasteiger partial charge on any atom is -0.344 e. The summed E-state index contributed by atoms with van der Waals surface area (Å²) in [6, 6.07) is 9.14. The predicted octanol–water partition coefficient (Wildman–Crippen LogP) is 2.94. The van der Waals surface area contributed by atoms with Crippen molar-refractivity contribution >= 4 is 51.0 Å². The van der Waals surface area contributed by atoms with Crippen molar-refractivity contribution in [3.63, 3.8) is 0 Å². The molecular weight excluding hydrogens is 456 g/mol. The summed E-state index contributed by atoms with van der Waals surface area (Å²) in [7, 11) is 0. The number of benzene rings is 1. The summed E-state index contributed by atoms with van der Waals surface area (Å²) in [5, 5.41) is 0. The molecule has 0 bridgehead atoms. The second-order valence-corrected chi connectivity index (χ2v) is 6.07. The first-order valence-electron chi connectivity index (χ1n) is 5.21. The van der Waals surface area contributed by atoms with Gasteiger partial charge in [-0.05, 0) is 45.2 Å². The molecule has 1 heterocycles. The largest absolute Gasteiger partial charge is 0.344 e. The molecule has 0 aliphatic heterocycles. The van der Waals surface area contributed by atoms with Gasteiger partial charge in [-0.1, -0.05) is 30.3 Å². The molecule has 0 spiro atoms. The molecule has 92 valence electrons. The van der Waals surface area contributed by atoms with Crippen LogP contribution < -0.4 is 5.43 Å². The van der Waals surface area contributed by atoms with Crippen molar-refractivity contribution in [3.8, 4) is 0 Å². The maximum absolute atomic E-state index is 12.0. The third kappa shape index (κ3) is 3.19. The monoisotopic (exact) mass is 465 g/mol. The molecule has 3 nitrogen and oxygen atoms in total. The molecule has 18 heavy (non-hydrogen) atoms. The maximum Gasteiger partial charge on any atom is 0.208 e. The number of aromatic nitrogens is 1. The van der Waals surface area contributed by atoms with Gasteiger partial charge in [0.25, 0.3) is 0 Å². The number of carbonyl (C=O) groups is 1. The Morgan fingerprint density at radius 3 is 2.17 bits per heavy atom. The van der Waals surface area contributed by atoms with E-state index < -0.39 is 0 Å². The fourth-order valence-corrected chi connectivity index (χ4v) is 3.34. The van der Waals surface area contributed by atoms with E-state index in [1.54, 1.807) is 29.1 Å². The quantitative estimate of drug-likeness (QED) is 0.517. The number of hydrogen-bond donors (Lipinski definition) is 0. The number of hydrogen-bond acceptors (Lipinski definition) is 2. The molecule has 0 unspecified atom stereocenters. The van der Waals surface area contributed by atoms with E-state index in [1.807, 2.05) is 63.4 Å². The van der Waals surface area contributed by atoms with Crippen LogP contribution in [0.5, 0.6) is 0 Å². The molecule has 0 fully saturated rings. The van der Waals surface area contributed by atoms with E-state index in [4.69, 9.17) is 0 Å². The standard InChI is InChI=1S/C13H9I2NO2/c14-10-6-16(7-11(15)13(10)18)8-12(17)9-4-2-1-3-5-9/h1-7H,8H2. The van der Waals surface area contributed by atoms with Gasteiger partial charge in [0.15, 0.2) is 5.78 Å². The summed E-state index contributed by atoms with van der Waals surface area (Å²) >= 11 is 3.98. The van der Waals surface area contributed by atoms with E-state index in [0.717, 1.165) is 0 Å². The van der Waals surface area contributed by atoms with E-state index in [0.29, 0.717) is 12.7 Å². The molecule has 1 aromatic carbocycles. The van der Waals surface area contributed by atoms with Crippen molar-refractivity contribution in [1.82, 2.24) is 4.57 Å². The van der Waals surface area contributed by atoms with E-state index in [2.05, 4.69) is 0 Å². The SMILES string of the molecule is O=C(Cn1cc(I)c(=O)c(I)c1)c1ccccc1. The topological polar surface area (TPSA) is 39.1 Å². The van der Waals surface area contributed by atoms with E-state index >= 15 is 0 Å². The van der Waals surface area contributed by atoms with Crippen LogP contribution in [0.4, 0.5) is 0 Å². The lowest BCUT2D eigenvalue weighted by molar-refractivity contribution is 0.0972. The molecular formula is C13H9I2NO2. The van der Waals surface area contributed by atoms with Crippen molar-refractivity contribution in [2.75, 3.05) is 0 Å². The molecule has 0 atom stereocenters. The van der Waals surface area contributed by atoms with Crippen LogP contribution in [0.2, 0.25) is 0 Å². The lowest BCUT2D eigenvalue weighted by Crippen LogP contribution is -2.17. The predicted molar refractivity (Wildman–Crippen MR) is 86.9 cm³/mol. The minimum absolute atomic E-state index is 0.0135. The highest BCUT2D eigenvalue weighted by atomic mass is 127. The first kappa shape index (κ1) is 13.7. The van der Waals surface area contributed by atoms with Crippen LogP contribution in [0, 0.1) is 7.14 Å². The Labute approximate surface area is 131 Å². The Morgan fingerprint density at radius 2 is 1.61 bits per heavy atom. The average molecular weight is 465 g/mol. The van der Waals surface area contributed by atoms with Gasteiger partial charge in [0.05, 0.1) is 13.7 Å². The highest BCUT2D eigenvalue weighted by Gasteiger charge is 2.08. The van der Waals surface area contributed by atoms with Gasteiger partial charge < -0.3 is 4.57 Å². The van der Waals surface area contributed by atoms with Gasteiger partial charge in [0.1, 0.15) is 0 Å². The minimum atomic E-state index is 0.0135. The molecule has 0 radical (unpaired) electrons. The molecule has 0 N–H and O–H groups in total. The molecule has 2 rings (SSSR count). The summed E-state index contributed by atoms with van der Waals surface area (Å²) in [5.41, 5.74) is 0.695. The van der Waals surface area contributed by atoms with Gasteiger partial charge in [0, 0.05) is 18.0 Å². The third-order valence-corrected chi connectivity index (χ3v) is 3.95. The molecule has 0 amide bonds. The van der Waals surface area contributed by atoms with Gasteiger partial charge in [0.2, 0.25) is 5.43 Å². The van der Waals surface area contributed by atoms with Crippen LogP contribution in [0.1, 0.15) is 10.4 Å². The summed E-state index contributed by atoms with van der Waals surface area (Å²) in [4.78, 5) is 23.6. The lowest BCUT2D eigenvalue weighted by atomic mass is 10.1. The smallest absolute Gasteiger partial charge is 0.208 e. The molecule has 5 heteroatoms. The van der Waals surface area contributed by atoms with Crippen LogP contribution in [0.25, 0.3) is 0 Å². The van der Waals surface area contributed by atoms with Crippen molar-refractivity contribution in [2.24, 2.45) is 0 Å².